The summed E-state index contributed by atoms with van der Waals surface area (Å²) in [5, 5.41) is 9.78. The molecule has 0 saturated heterocycles. The summed E-state index contributed by atoms with van der Waals surface area (Å²) in [5.41, 5.74) is 1.24. The van der Waals surface area contributed by atoms with Crippen LogP contribution in [-0.4, -0.2) is 34.1 Å². The van der Waals surface area contributed by atoms with Crippen molar-refractivity contribution in [2.24, 2.45) is 5.92 Å². The molecule has 0 bridgehead atoms. The molecule has 1 N–H and O–H groups in total. The number of benzene rings is 1. The van der Waals surface area contributed by atoms with Gasteiger partial charge < -0.3 is 10.0 Å². The molecule has 1 amide bonds. The summed E-state index contributed by atoms with van der Waals surface area (Å²) in [6.07, 6.45) is 5.73. The molecule has 0 fully saturated rings. The highest BCUT2D eigenvalue weighted by molar-refractivity contribution is 5.95. The summed E-state index contributed by atoms with van der Waals surface area (Å²) < 4.78 is 0. The molecule has 3 nitrogen and oxygen atoms in total. The number of carbonyl (C=O) groups excluding carboxylic acids is 1. The standard InChI is InChI=1S/C19H27NO2/c1-14(2)17-6-5-13-20(17)18(21)16-9-7-15(8-10-16)11-12-19(3,4)22/h5-10,14,17,22H,11-13H2,1-4H3. The van der Waals surface area contributed by atoms with Gasteiger partial charge in [-0.3, -0.25) is 4.79 Å². The fourth-order valence-electron chi connectivity index (χ4n) is 2.77. The van der Waals surface area contributed by atoms with Crippen molar-refractivity contribution in [3.8, 4) is 0 Å². The third-order valence-corrected chi connectivity index (χ3v) is 4.17. The molecule has 2 rings (SSSR count). The molecule has 0 spiro atoms. The number of nitrogens with zero attached hydrogens (tertiary/aromatic N) is 1. The van der Waals surface area contributed by atoms with E-state index in [0.717, 1.165) is 17.5 Å². The van der Waals surface area contributed by atoms with E-state index in [4.69, 9.17) is 0 Å². The lowest BCUT2D eigenvalue weighted by molar-refractivity contribution is 0.0707. The van der Waals surface area contributed by atoms with E-state index >= 15 is 0 Å². The molecule has 1 aromatic rings. The number of rotatable bonds is 5. The molecule has 3 heteroatoms. The minimum absolute atomic E-state index is 0.0951. The van der Waals surface area contributed by atoms with Crippen LogP contribution >= 0.6 is 0 Å². The van der Waals surface area contributed by atoms with Gasteiger partial charge in [-0.2, -0.15) is 0 Å². The Morgan fingerprint density at radius 2 is 1.95 bits per heavy atom. The van der Waals surface area contributed by atoms with E-state index in [-0.39, 0.29) is 11.9 Å². The quantitative estimate of drug-likeness (QED) is 0.847. The molecule has 0 aromatic heterocycles. The topological polar surface area (TPSA) is 40.5 Å². The molecule has 1 heterocycles. The zero-order valence-corrected chi connectivity index (χ0v) is 14.0. The second-order valence-electron chi connectivity index (χ2n) is 7.13. The Kier molecular flexibility index (Phi) is 5.07. The van der Waals surface area contributed by atoms with Crippen LogP contribution in [0.15, 0.2) is 36.4 Å². The minimum Gasteiger partial charge on any atom is -0.390 e. The Labute approximate surface area is 133 Å². The monoisotopic (exact) mass is 301 g/mol. The molecule has 1 atom stereocenters. The van der Waals surface area contributed by atoms with Crippen molar-refractivity contribution in [1.82, 2.24) is 4.90 Å². The summed E-state index contributed by atoms with van der Waals surface area (Å²) >= 11 is 0. The fraction of sp³-hybridized carbons (Fsp3) is 0.526. The van der Waals surface area contributed by atoms with Crippen molar-refractivity contribution in [3.63, 3.8) is 0 Å². The van der Waals surface area contributed by atoms with Crippen molar-refractivity contribution in [2.45, 2.75) is 52.2 Å². The summed E-state index contributed by atoms with van der Waals surface area (Å²) in [6, 6.07) is 7.98. The molecule has 1 aliphatic heterocycles. The van der Waals surface area contributed by atoms with Crippen LogP contribution in [0.4, 0.5) is 0 Å². The van der Waals surface area contributed by atoms with Crippen LogP contribution in [0.2, 0.25) is 0 Å². The Morgan fingerprint density at radius 1 is 1.32 bits per heavy atom. The molecule has 22 heavy (non-hydrogen) atoms. The summed E-state index contributed by atoms with van der Waals surface area (Å²) in [6.45, 7) is 8.61. The first kappa shape index (κ1) is 16.8. The van der Waals surface area contributed by atoms with Gasteiger partial charge in [0.2, 0.25) is 0 Å². The maximum atomic E-state index is 12.6. The average molecular weight is 301 g/mol. The Morgan fingerprint density at radius 3 is 2.50 bits per heavy atom. The number of amides is 1. The number of carbonyl (C=O) groups is 1. The molecular weight excluding hydrogens is 274 g/mol. The van der Waals surface area contributed by atoms with E-state index in [1.807, 2.05) is 43.0 Å². The lowest BCUT2D eigenvalue weighted by Gasteiger charge is -2.27. The maximum absolute atomic E-state index is 12.6. The second-order valence-corrected chi connectivity index (χ2v) is 7.13. The molecule has 1 aromatic carbocycles. The van der Waals surface area contributed by atoms with Gasteiger partial charge in [-0.1, -0.05) is 38.1 Å². The van der Waals surface area contributed by atoms with Gasteiger partial charge in [0.1, 0.15) is 0 Å². The first-order valence-electron chi connectivity index (χ1n) is 8.07. The van der Waals surface area contributed by atoms with Gasteiger partial charge in [0.25, 0.3) is 5.91 Å². The first-order chi connectivity index (χ1) is 10.3. The van der Waals surface area contributed by atoms with Crippen LogP contribution in [0.1, 0.15) is 50.0 Å². The molecule has 1 aliphatic rings. The normalized spacial score (nSPS) is 18.3. The Balaban J connectivity index is 2.02. The summed E-state index contributed by atoms with van der Waals surface area (Å²) in [5.74, 6) is 0.520. The zero-order chi connectivity index (χ0) is 16.3. The van der Waals surface area contributed by atoms with Crippen LogP contribution in [0.25, 0.3) is 0 Å². The van der Waals surface area contributed by atoms with E-state index in [9.17, 15) is 9.90 Å². The molecule has 1 unspecified atom stereocenters. The van der Waals surface area contributed by atoms with Gasteiger partial charge in [0.15, 0.2) is 0 Å². The predicted octanol–water partition coefficient (Wildman–Crippen LogP) is 3.43. The zero-order valence-electron chi connectivity index (χ0n) is 14.0. The van der Waals surface area contributed by atoms with Gasteiger partial charge >= 0.3 is 0 Å². The van der Waals surface area contributed by atoms with E-state index in [1.54, 1.807) is 0 Å². The van der Waals surface area contributed by atoms with Crippen molar-refractivity contribution >= 4 is 5.91 Å². The van der Waals surface area contributed by atoms with Crippen LogP contribution in [-0.2, 0) is 6.42 Å². The minimum atomic E-state index is -0.653. The molecule has 0 aliphatic carbocycles. The Bertz CT molecular complexity index is 538. The maximum Gasteiger partial charge on any atom is 0.254 e. The van der Waals surface area contributed by atoms with Gasteiger partial charge in [-0.15, -0.1) is 0 Å². The number of aliphatic hydroxyl groups is 1. The lowest BCUT2D eigenvalue weighted by atomic mass is 9.98. The predicted molar refractivity (Wildman–Crippen MR) is 89.9 cm³/mol. The van der Waals surface area contributed by atoms with Gasteiger partial charge in [0.05, 0.1) is 11.6 Å². The summed E-state index contributed by atoms with van der Waals surface area (Å²) in [4.78, 5) is 14.6. The van der Waals surface area contributed by atoms with Crippen LogP contribution in [0, 0.1) is 5.92 Å². The lowest BCUT2D eigenvalue weighted by Crippen LogP contribution is -2.39. The van der Waals surface area contributed by atoms with E-state index < -0.39 is 5.60 Å². The third kappa shape index (κ3) is 4.20. The largest absolute Gasteiger partial charge is 0.390 e. The first-order valence-corrected chi connectivity index (χ1v) is 8.07. The molecule has 0 radical (unpaired) electrons. The fourth-order valence-corrected chi connectivity index (χ4v) is 2.77. The molecule has 0 saturated carbocycles. The van der Waals surface area contributed by atoms with Crippen molar-refractivity contribution in [3.05, 3.63) is 47.5 Å². The highest BCUT2D eigenvalue weighted by Crippen LogP contribution is 2.21. The molecule has 120 valence electrons. The highest BCUT2D eigenvalue weighted by atomic mass is 16.3. The van der Waals surface area contributed by atoms with Crippen molar-refractivity contribution in [2.75, 3.05) is 6.54 Å². The van der Waals surface area contributed by atoms with Crippen LogP contribution in [0.3, 0.4) is 0 Å². The highest BCUT2D eigenvalue weighted by Gasteiger charge is 2.27. The van der Waals surface area contributed by atoms with Crippen molar-refractivity contribution in [1.29, 1.82) is 0 Å². The summed E-state index contributed by atoms with van der Waals surface area (Å²) in [7, 11) is 0. The smallest absolute Gasteiger partial charge is 0.254 e. The van der Waals surface area contributed by atoms with E-state index in [0.29, 0.717) is 18.9 Å². The second kappa shape index (κ2) is 6.66. The van der Waals surface area contributed by atoms with Crippen LogP contribution < -0.4 is 0 Å². The number of hydrogen-bond acceptors (Lipinski definition) is 2. The SMILES string of the molecule is CC(C)C1C=CCN1C(=O)c1ccc(CCC(C)(C)O)cc1. The van der Waals surface area contributed by atoms with Gasteiger partial charge in [-0.05, 0) is 50.3 Å². The number of hydrogen-bond donors (Lipinski definition) is 1. The number of aryl methyl sites for hydroxylation is 1. The van der Waals surface area contributed by atoms with Gasteiger partial charge in [0, 0.05) is 12.1 Å². The van der Waals surface area contributed by atoms with E-state index in [1.165, 1.54) is 0 Å². The van der Waals surface area contributed by atoms with Gasteiger partial charge in [-0.25, -0.2) is 0 Å². The van der Waals surface area contributed by atoms with Crippen LogP contribution in [0.5, 0.6) is 0 Å². The third-order valence-electron chi connectivity index (χ3n) is 4.17. The van der Waals surface area contributed by atoms with E-state index in [2.05, 4.69) is 26.0 Å². The average Bonchev–Trinajstić information content (AvgIpc) is 2.94. The Hall–Kier alpha value is -1.61. The van der Waals surface area contributed by atoms with Crippen molar-refractivity contribution < 1.29 is 9.90 Å². The molecular formula is C19H27NO2.